The molecular formula is C38H43Br2Cl2N2OW-. The molecule has 0 radical (unpaired) electrons. The van der Waals surface area contributed by atoms with Gasteiger partial charge in [0.25, 0.3) is 0 Å². The molecule has 0 amide bonds. The molecule has 1 aromatic heterocycles. The summed E-state index contributed by atoms with van der Waals surface area (Å²) in [7, 11) is 0. The van der Waals surface area contributed by atoms with Gasteiger partial charge in [0.1, 0.15) is 5.75 Å². The first-order valence-electron chi connectivity index (χ1n) is 15.8. The van der Waals surface area contributed by atoms with E-state index in [1.807, 2.05) is 44.2 Å². The summed E-state index contributed by atoms with van der Waals surface area (Å²) in [6, 6.07) is 13.9. The maximum absolute atomic E-state index is 11.0. The Kier molecular flexibility index (Phi) is 13.7. The zero-order valence-corrected chi connectivity index (χ0v) is 35.2. The molecule has 2 aliphatic carbocycles. The zero-order valence-electron chi connectivity index (χ0n) is 27.5. The van der Waals surface area contributed by atoms with Gasteiger partial charge in [0.15, 0.2) is 0 Å². The Labute approximate surface area is 310 Å². The van der Waals surface area contributed by atoms with Crippen molar-refractivity contribution in [2.45, 2.75) is 92.9 Å². The Morgan fingerprint density at radius 2 is 1.28 bits per heavy atom. The third kappa shape index (κ3) is 9.85. The minimum atomic E-state index is -0.850. The molecular weight excluding hydrogens is 915 g/mol. The maximum Gasteiger partial charge on any atom is 0.137 e. The molecule has 0 saturated heterocycles. The second-order valence-electron chi connectivity index (χ2n) is 13.1. The fourth-order valence-corrected chi connectivity index (χ4v) is 10.1. The van der Waals surface area contributed by atoms with Gasteiger partial charge >= 0.3 is 109 Å². The Balaban J connectivity index is 0.000000185. The van der Waals surface area contributed by atoms with Crippen molar-refractivity contribution in [1.29, 1.82) is 0 Å². The summed E-state index contributed by atoms with van der Waals surface area (Å²) < 4.78 is 8.84. The van der Waals surface area contributed by atoms with Crippen LogP contribution in [0.1, 0.15) is 85.7 Å². The second-order valence-corrected chi connectivity index (χ2v) is 17.9. The monoisotopic (exact) mass is 955 g/mol. The fraction of sp³-hybridized carbons (Fsp3) is 0.395. The van der Waals surface area contributed by atoms with Crippen LogP contribution in [-0.4, -0.2) is 9.51 Å². The van der Waals surface area contributed by atoms with Gasteiger partial charge in [0.2, 0.25) is 0 Å². The van der Waals surface area contributed by atoms with Gasteiger partial charge in [-0.15, -0.1) is 0 Å². The van der Waals surface area contributed by atoms with Crippen LogP contribution >= 0.6 is 55.1 Å². The molecule has 46 heavy (non-hydrogen) atoms. The molecule has 0 saturated carbocycles. The minimum Gasteiger partial charge on any atom is -0.665 e. The van der Waals surface area contributed by atoms with Gasteiger partial charge in [-0.2, -0.15) is 11.4 Å². The maximum atomic E-state index is 11.0. The number of hydrogen-bond donors (Lipinski definition) is 1. The van der Waals surface area contributed by atoms with Gasteiger partial charge in [0, 0.05) is 10.0 Å². The Bertz CT molecular complexity index is 1660. The van der Waals surface area contributed by atoms with Crippen LogP contribution in [0.4, 0.5) is 5.69 Å². The molecule has 0 unspecified atom stereocenters. The third-order valence-corrected chi connectivity index (χ3v) is 14.1. The van der Waals surface area contributed by atoms with E-state index >= 15 is 0 Å². The molecule has 0 spiro atoms. The van der Waals surface area contributed by atoms with Gasteiger partial charge < -0.3 is 10.1 Å². The molecule has 3 aromatic carbocycles. The zero-order chi connectivity index (χ0) is 33.6. The van der Waals surface area contributed by atoms with Crippen molar-refractivity contribution in [3.05, 3.63) is 101 Å². The molecule has 4 aromatic rings. The predicted molar refractivity (Wildman–Crippen MR) is 200 cm³/mol. The van der Waals surface area contributed by atoms with E-state index < -0.39 is 17.9 Å². The Hall–Kier alpha value is -1.36. The summed E-state index contributed by atoms with van der Waals surface area (Å²) in [4.78, 5) is 4.11. The summed E-state index contributed by atoms with van der Waals surface area (Å²) >= 11 is 18.5. The first kappa shape index (κ1) is 37.5. The van der Waals surface area contributed by atoms with Gasteiger partial charge in [0.05, 0.1) is 4.47 Å². The average molecular weight is 958 g/mol. The van der Waals surface area contributed by atoms with Crippen molar-refractivity contribution in [3.8, 4) is 16.9 Å². The van der Waals surface area contributed by atoms with E-state index in [0.29, 0.717) is 15.8 Å². The summed E-state index contributed by atoms with van der Waals surface area (Å²) in [6.45, 7) is 12.7. The van der Waals surface area contributed by atoms with Crippen LogP contribution in [0.3, 0.4) is 0 Å². The number of hydrogen-bond acceptors (Lipinski definition) is 2. The van der Waals surface area contributed by atoms with Crippen molar-refractivity contribution in [1.82, 2.24) is 4.98 Å². The van der Waals surface area contributed by atoms with Crippen LogP contribution in [0, 0.1) is 26.2 Å². The predicted octanol–water partition coefficient (Wildman–Crippen LogP) is 12.7. The van der Waals surface area contributed by atoms with Crippen LogP contribution in [0.25, 0.3) is 11.1 Å². The number of phenolic OH excluding ortho intramolecular Hbond substituents is 1. The van der Waals surface area contributed by atoms with Crippen LogP contribution in [0.5, 0.6) is 5.75 Å². The second kappa shape index (κ2) is 16.8. The van der Waals surface area contributed by atoms with E-state index in [9.17, 15) is 5.11 Å². The minimum absolute atomic E-state index is 0.238. The normalized spacial score (nSPS) is 13.7. The van der Waals surface area contributed by atoms with E-state index in [1.165, 1.54) is 63.5 Å². The molecule has 0 fully saturated rings. The largest absolute Gasteiger partial charge is 0.665 e. The van der Waals surface area contributed by atoms with Crippen molar-refractivity contribution in [2.24, 2.45) is 8.91 Å². The van der Waals surface area contributed by atoms with E-state index in [4.69, 9.17) is 23.2 Å². The number of halogens is 4. The van der Waals surface area contributed by atoms with Crippen molar-refractivity contribution in [2.75, 3.05) is 0 Å². The first-order valence-corrected chi connectivity index (χ1v) is 21.2. The quantitative estimate of drug-likeness (QED) is 0.218. The molecule has 0 bridgehead atoms. The third-order valence-electron chi connectivity index (χ3n) is 8.08. The van der Waals surface area contributed by atoms with E-state index in [0.717, 1.165) is 52.8 Å². The van der Waals surface area contributed by atoms with Crippen LogP contribution < -0.4 is 4.98 Å². The van der Waals surface area contributed by atoms with Gasteiger partial charge in [-0.1, -0.05) is 41.9 Å². The van der Waals surface area contributed by atoms with Crippen molar-refractivity contribution in [3.63, 3.8) is 0 Å². The molecule has 6 rings (SSSR count). The number of phenols is 1. The molecule has 246 valence electrons. The van der Waals surface area contributed by atoms with Crippen molar-refractivity contribution >= 4 is 65.1 Å². The molecule has 0 atom stereocenters. The number of aryl methyl sites for hydroxylation is 4. The van der Waals surface area contributed by atoms with E-state index in [-0.39, 0.29) is 5.41 Å². The summed E-state index contributed by atoms with van der Waals surface area (Å²) in [5.74, 6) is 0.421. The topological polar surface area (TPSA) is 46.7 Å². The summed E-state index contributed by atoms with van der Waals surface area (Å²) in [5, 5.41) is 12.2. The van der Waals surface area contributed by atoms with E-state index in [1.54, 1.807) is 0 Å². The van der Waals surface area contributed by atoms with E-state index in [2.05, 4.69) is 84.6 Å². The molecule has 8 heteroatoms. The van der Waals surface area contributed by atoms with Gasteiger partial charge in [-0.05, 0) is 120 Å². The van der Waals surface area contributed by atoms with Crippen molar-refractivity contribution < 1.29 is 23.0 Å². The SMILES string of the molecule is CC(C)(C)[CH]=[W]=[N]c1c(Cl)cccc1Cl.Cc1c(Br)cc2c(c1-c1c(O)c(Br)cc3c1CCCC3)CCCC2.Cc1ccc(C)[n-]1. The molecule has 3 nitrogen and oxygen atoms in total. The number of aromatic nitrogens is 1. The average Bonchev–Trinajstić information content (AvgIpc) is 3.39. The number of rotatable bonds is 2. The number of fused-ring (bicyclic) bond motifs is 2. The smallest absolute Gasteiger partial charge is 0.137 e. The molecule has 2 aliphatic rings. The molecule has 1 N–H and O–H groups in total. The number of nitrogens with zero attached hydrogens (tertiary/aromatic N) is 2. The Morgan fingerprint density at radius 1 is 0.783 bits per heavy atom. The Morgan fingerprint density at radius 3 is 1.78 bits per heavy atom. The standard InChI is InChI=1S/C21H22Br2O.C6H3Cl2N.C6H8N.C5H10.W/c1-12-17(22)10-13-6-2-4-8-15(13)19(12)20-16-9-5-3-7-14(16)11-18(23)21(20)24;7-4-2-1-3-5(8)6(4)9;1-5-3-4-6(2)7-5;1-5(2,3)4;/h10-11,24H,2-9H2,1H3;1-3H;3-4H,1-2H3;1H,2-4H3;/q;;-1;;. The van der Waals surface area contributed by atoms with Gasteiger partial charge in [-0.25, -0.2) is 0 Å². The number of benzene rings is 3. The summed E-state index contributed by atoms with van der Waals surface area (Å²) in [6.07, 6.45) is 9.46. The van der Waals surface area contributed by atoms with Crippen LogP contribution in [0.15, 0.2) is 54.9 Å². The molecule has 0 aliphatic heterocycles. The van der Waals surface area contributed by atoms with Gasteiger partial charge in [-0.3, -0.25) is 0 Å². The first-order chi connectivity index (χ1) is 21.8. The summed E-state index contributed by atoms with van der Waals surface area (Å²) in [5.41, 5.74) is 12.5. The van der Waals surface area contributed by atoms with Crippen LogP contribution in [0.2, 0.25) is 10.0 Å². The molecule has 1 heterocycles. The number of aromatic hydroxyl groups is 1. The van der Waals surface area contributed by atoms with Crippen LogP contribution in [-0.2, 0) is 43.6 Å². The fourth-order valence-electron chi connectivity index (χ4n) is 5.85.